The molecule has 2 unspecified atom stereocenters. The molecule has 1 aromatic heterocycles. The van der Waals surface area contributed by atoms with Crippen molar-refractivity contribution in [3.63, 3.8) is 0 Å². The minimum Gasteiger partial charge on any atom is -0.315 e. The Kier molecular flexibility index (Phi) is 3.50. The van der Waals surface area contributed by atoms with Crippen LogP contribution in [0.25, 0.3) is 0 Å². The second-order valence-corrected chi connectivity index (χ2v) is 6.37. The molecule has 0 radical (unpaired) electrons. The second kappa shape index (κ2) is 5.09. The number of thiophene rings is 1. The molecule has 2 atom stereocenters. The van der Waals surface area contributed by atoms with Gasteiger partial charge in [0.15, 0.2) is 0 Å². The first kappa shape index (κ1) is 11.7. The van der Waals surface area contributed by atoms with E-state index in [1.54, 1.807) is 10.4 Å². The SMILES string of the molecule is CN(C1CCCNC1)C1CCCc2sccc21. The summed E-state index contributed by atoms with van der Waals surface area (Å²) in [5.74, 6) is 0. The fraction of sp³-hybridized carbons (Fsp3) is 0.714. The number of hydrogen-bond donors (Lipinski definition) is 1. The van der Waals surface area contributed by atoms with E-state index in [0.29, 0.717) is 6.04 Å². The number of nitrogens with zero attached hydrogens (tertiary/aromatic N) is 1. The van der Waals surface area contributed by atoms with Gasteiger partial charge in [0.2, 0.25) is 0 Å². The molecule has 1 aliphatic carbocycles. The minimum absolute atomic E-state index is 0.676. The molecule has 0 amide bonds. The van der Waals surface area contributed by atoms with E-state index in [9.17, 15) is 0 Å². The van der Waals surface area contributed by atoms with Gasteiger partial charge in [0.05, 0.1) is 0 Å². The Labute approximate surface area is 108 Å². The molecule has 1 saturated heterocycles. The normalized spacial score (nSPS) is 29.3. The zero-order valence-electron chi connectivity index (χ0n) is 10.6. The van der Waals surface area contributed by atoms with Crippen LogP contribution in [0.4, 0.5) is 0 Å². The van der Waals surface area contributed by atoms with E-state index in [4.69, 9.17) is 0 Å². The van der Waals surface area contributed by atoms with Gasteiger partial charge in [-0.25, -0.2) is 0 Å². The van der Waals surface area contributed by atoms with Gasteiger partial charge >= 0.3 is 0 Å². The van der Waals surface area contributed by atoms with Gasteiger partial charge in [0.25, 0.3) is 0 Å². The van der Waals surface area contributed by atoms with E-state index in [-0.39, 0.29) is 0 Å². The Morgan fingerprint density at radius 2 is 2.29 bits per heavy atom. The van der Waals surface area contributed by atoms with Crippen LogP contribution in [-0.2, 0) is 6.42 Å². The van der Waals surface area contributed by atoms with Crippen molar-refractivity contribution in [3.8, 4) is 0 Å². The Morgan fingerprint density at radius 1 is 1.35 bits per heavy atom. The summed E-state index contributed by atoms with van der Waals surface area (Å²) in [5, 5.41) is 5.81. The van der Waals surface area contributed by atoms with Crippen molar-refractivity contribution in [2.24, 2.45) is 0 Å². The van der Waals surface area contributed by atoms with Crippen LogP contribution in [0.3, 0.4) is 0 Å². The molecule has 1 aliphatic heterocycles. The minimum atomic E-state index is 0.676. The van der Waals surface area contributed by atoms with Gasteiger partial charge in [-0.2, -0.15) is 0 Å². The standard InChI is InChI=1S/C14H22N2S/c1-16(11-4-3-8-15-10-11)13-5-2-6-14-12(13)7-9-17-14/h7,9,11,13,15H,2-6,8,10H2,1H3. The van der Waals surface area contributed by atoms with Gasteiger partial charge < -0.3 is 5.32 Å². The zero-order valence-corrected chi connectivity index (χ0v) is 11.4. The maximum atomic E-state index is 3.53. The summed E-state index contributed by atoms with van der Waals surface area (Å²) >= 11 is 1.95. The van der Waals surface area contributed by atoms with E-state index >= 15 is 0 Å². The van der Waals surface area contributed by atoms with Crippen LogP contribution in [0.15, 0.2) is 11.4 Å². The topological polar surface area (TPSA) is 15.3 Å². The first-order chi connectivity index (χ1) is 8.36. The summed E-state index contributed by atoms with van der Waals surface area (Å²) in [4.78, 5) is 4.27. The van der Waals surface area contributed by atoms with Gasteiger partial charge in [-0.05, 0) is 62.7 Å². The molecule has 0 saturated carbocycles. The van der Waals surface area contributed by atoms with Gasteiger partial charge in [0.1, 0.15) is 0 Å². The fourth-order valence-corrected chi connectivity index (χ4v) is 4.30. The molecule has 1 fully saturated rings. The highest BCUT2D eigenvalue weighted by Crippen LogP contribution is 2.37. The third kappa shape index (κ3) is 2.28. The number of fused-ring (bicyclic) bond motifs is 1. The number of piperidine rings is 1. The van der Waals surface area contributed by atoms with Crippen LogP contribution in [0.1, 0.15) is 42.2 Å². The Balaban J connectivity index is 1.76. The first-order valence-electron chi connectivity index (χ1n) is 6.85. The van der Waals surface area contributed by atoms with E-state index in [0.717, 1.165) is 6.04 Å². The Morgan fingerprint density at radius 3 is 3.12 bits per heavy atom. The summed E-state index contributed by atoms with van der Waals surface area (Å²) < 4.78 is 0. The van der Waals surface area contributed by atoms with Crippen molar-refractivity contribution in [1.82, 2.24) is 10.2 Å². The number of aryl methyl sites for hydroxylation is 1. The molecule has 94 valence electrons. The zero-order chi connectivity index (χ0) is 11.7. The molecule has 1 aromatic rings. The van der Waals surface area contributed by atoms with Crippen LogP contribution in [0.2, 0.25) is 0 Å². The van der Waals surface area contributed by atoms with Crippen molar-refractivity contribution in [2.75, 3.05) is 20.1 Å². The van der Waals surface area contributed by atoms with Crippen LogP contribution in [0, 0.1) is 0 Å². The summed E-state index contributed by atoms with van der Waals surface area (Å²) in [5.41, 5.74) is 1.62. The molecule has 0 spiro atoms. The summed E-state index contributed by atoms with van der Waals surface area (Å²) in [6.45, 7) is 2.38. The highest BCUT2D eigenvalue weighted by molar-refractivity contribution is 7.10. The van der Waals surface area contributed by atoms with Crippen LogP contribution in [0.5, 0.6) is 0 Å². The second-order valence-electron chi connectivity index (χ2n) is 5.37. The lowest BCUT2D eigenvalue weighted by atomic mass is 9.91. The Bertz CT molecular complexity index is 368. The Hall–Kier alpha value is -0.380. The number of hydrogen-bond acceptors (Lipinski definition) is 3. The lowest BCUT2D eigenvalue weighted by molar-refractivity contribution is 0.134. The van der Waals surface area contributed by atoms with Crippen molar-refractivity contribution in [3.05, 3.63) is 21.9 Å². The molecular weight excluding hydrogens is 228 g/mol. The molecule has 2 aliphatic rings. The maximum Gasteiger partial charge on any atom is 0.0359 e. The van der Waals surface area contributed by atoms with E-state index in [1.165, 1.54) is 45.2 Å². The smallest absolute Gasteiger partial charge is 0.0359 e. The highest BCUT2D eigenvalue weighted by Gasteiger charge is 2.29. The number of rotatable bonds is 2. The summed E-state index contributed by atoms with van der Waals surface area (Å²) in [7, 11) is 2.33. The third-order valence-electron chi connectivity index (χ3n) is 4.36. The predicted octanol–water partition coefficient (Wildman–Crippen LogP) is 2.81. The highest BCUT2D eigenvalue weighted by atomic mass is 32.1. The van der Waals surface area contributed by atoms with Crippen LogP contribution >= 0.6 is 11.3 Å². The summed E-state index contributed by atoms with van der Waals surface area (Å²) in [6, 6.07) is 3.77. The molecule has 2 heterocycles. The first-order valence-corrected chi connectivity index (χ1v) is 7.73. The molecule has 0 bridgehead atoms. The fourth-order valence-electron chi connectivity index (χ4n) is 3.32. The average Bonchev–Trinajstić information content (AvgIpc) is 2.87. The molecule has 17 heavy (non-hydrogen) atoms. The largest absolute Gasteiger partial charge is 0.315 e. The predicted molar refractivity (Wildman–Crippen MR) is 73.7 cm³/mol. The van der Waals surface area contributed by atoms with Crippen molar-refractivity contribution in [1.29, 1.82) is 0 Å². The molecular formula is C14H22N2S. The third-order valence-corrected chi connectivity index (χ3v) is 5.36. The van der Waals surface area contributed by atoms with Crippen molar-refractivity contribution in [2.45, 2.75) is 44.2 Å². The van der Waals surface area contributed by atoms with Crippen LogP contribution < -0.4 is 5.32 Å². The van der Waals surface area contributed by atoms with Crippen molar-refractivity contribution < 1.29 is 0 Å². The van der Waals surface area contributed by atoms with Gasteiger partial charge in [-0.15, -0.1) is 11.3 Å². The van der Waals surface area contributed by atoms with Gasteiger partial charge in [-0.3, -0.25) is 4.90 Å². The maximum absolute atomic E-state index is 3.53. The van der Waals surface area contributed by atoms with E-state index in [1.807, 2.05) is 11.3 Å². The molecule has 2 nitrogen and oxygen atoms in total. The molecule has 3 rings (SSSR count). The number of nitrogens with one attached hydrogen (secondary N) is 1. The van der Waals surface area contributed by atoms with E-state index < -0.39 is 0 Å². The van der Waals surface area contributed by atoms with Crippen molar-refractivity contribution >= 4 is 11.3 Å². The summed E-state index contributed by atoms with van der Waals surface area (Å²) in [6.07, 6.45) is 6.71. The van der Waals surface area contributed by atoms with Crippen LogP contribution in [-0.4, -0.2) is 31.1 Å². The monoisotopic (exact) mass is 250 g/mol. The lowest BCUT2D eigenvalue weighted by Crippen LogP contribution is -2.46. The number of likely N-dealkylation sites (N-methyl/N-ethyl adjacent to an activating group) is 1. The quantitative estimate of drug-likeness (QED) is 0.868. The molecule has 0 aromatic carbocycles. The van der Waals surface area contributed by atoms with Gasteiger partial charge in [0, 0.05) is 23.5 Å². The van der Waals surface area contributed by atoms with Gasteiger partial charge in [-0.1, -0.05) is 0 Å². The average molecular weight is 250 g/mol. The lowest BCUT2D eigenvalue weighted by Gasteiger charge is -2.39. The molecule has 1 N–H and O–H groups in total. The van der Waals surface area contributed by atoms with E-state index in [2.05, 4.69) is 28.7 Å². The molecule has 3 heteroatoms.